The first kappa shape index (κ1) is 15.7. The molecule has 0 unspecified atom stereocenters. The Hall–Kier alpha value is -3.54. The maximum Gasteiger partial charge on any atom is 0.258 e. The number of carbonyl (C=O) groups is 1. The second-order valence-corrected chi connectivity index (χ2v) is 6.50. The van der Waals surface area contributed by atoms with E-state index in [1.54, 1.807) is 12.4 Å². The molecule has 6 heteroatoms. The van der Waals surface area contributed by atoms with Crippen molar-refractivity contribution in [1.82, 2.24) is 9.88 Å². The average molecular weight is 359 g/mol. The number of carbonyl (C=O) groups excluding carboxylic acids is 1. The number of amides is 1. The molecule has 1 N–H and O–H groups in total. The molecule has 1 aromatic heterocycles. The molecule has 1 amide bonds. The van der Waals surface area contributed by atoms with E-state index in [9.17, 15) is 4.79 Å². The minimum absolute atomic E-state index is 0.0177. The molecule has 0 aliphatic carbocycles. The number of pyridine rings is 1. The highest BCUT2D eigenvalue weighted by molar-refractivity contribution is 6.01. The Morgan fingerprint density at radius 3 is 2.85 bits per heavy atom. The number of hydrogen-bond acceptors (Lipinski definition) is 5. The van der Waals surface area contributed by atoms with Crippen LogP contribution in [0, 0.1) is 0 Å². The third-order valence-electron chi connectivity index (χ3n) is 4.81. The normalized spacial score (nSPS) is 17.4. The third kappa shape index (κ3) is 2.75. The van der Waals surface area contributed by atoms with Gasteiger partial charge >= 0.3 is 0 Å². The zero-order valence-electron chi connectivity index (χ0n) is 14.5. The topological polar surface area (TPSA) is 63.7 Å². The van der Waals surface area contributed by atoms with Crippen molar-refractivity contribution in [3.63, 3.8) is 0 Å². The van der Waals surface area contributed by atoms with Gasteiger partial charge < -0.3 is 19.7 Å². The highest BCUT2D eigenvalue weighted by Crippen LogP contribution is 2.36. The molecular weight excluding hydrogens is 342 g/mol. The number of fused-ring (bicyclic) bond motifs is 2. The van der Waals surface area contributed by atoms with E-state index in [1.165, 1.54) is 0 Å². The summed E-state index contributed by atoms with van der Waals surface area (Å²) in [4.78, 5) is 19.3. The molecule has 0 fully saturated rings. The summed E-state index contributed by atoms with van der Waals surface area (Å²) in [5.41, 5.74) is 3.40. The van der Waals surface area contributed by atoms with Gasteiger partial charge in [0.05, 0.1) is 5.56 Å². The molecule has 3 aromatic rings. The molecule has 27 heavy (non-hydrogen) atoms. The van der Waals surface area contributed by atoms with Gasteiger partial charge in [-0.15, -0.1) is 0 Å². The number of hydrogen-bond donors (Lipinski definition) is 1. The molecule has 0 saturated carbocycles. The van der Waals surface area contributed by atoms with Gasteiger partial charge in [-0.1, -0.05) is 24.3 Å². The number of para-hydroxylation sites is 1. The molecule has 5 rings (SSSR count). The first-order valence-electron chi connectivity index (χ1n) is 8.74. The molecule has 2 aliphatic heterocycles. The Labute approximate surface area is 156 Å². The largest absolute Gasteiger partial charge is 0.454 e. The molecular formula is C21H17N3O3. The van der Waals surface area contributed by atoms with Crippen LogP contribution in [0.4, 0.5) is 5.69 Å². The SMILES string of the molecule is O=C1c2ccccc2N[C@@H](c2cccnc2)N1Cc1ccc2c(c1)OCO2. The number of nitrogens with one attached hydrogen (secondary N) is 1. The lowest BCUT2D eigenvalue weighted by Crippen LogP contribution is -2.42. The second-order valence-electron chi connectivity index (χ2n) is 6.50. The van der Waals surface area contributed by atoms with Gasteiger partial charge in [0.1, 0.15) is 6.17 Å². The zero-order chi connectivity index (χ0) is 18.2. The van der Waals surface area contributed by atoms with Crippen molar-refractivity contribution in [1.29, 1.82) is 0 Å². The van der Waals surface area contributed by atoms with E-state index in [1.807, 2.05) is 59.5 Å². The van der Waals surface area contributed by atoms with Crippen molar-refractivity contribution in [3.8, 4) is 11.5 Å². The number of aromatic nitrogens is 1. The Morgan fingerprint density at radius 2 is 1.96 bits per heavy atom. The fraction of sp³-hybridized carbons (Fsp3) is 0.143. The molecule has 134 valence electrons. The summed E-state index contributed by atoms with van der Waals surface area (Å²) in [6, 6.07) is 17.2. The van der Waals surface area contributed by atoms with E-state index in [-0.39, 0.29) is 18.9 Å². The van der Waals surface area contributed by atoms with Crippen molar-refractivity contribution >= 4 is 11.6 Å². The molecule has 3 heterocycles. The third-order valence-corrected chi connectivity index (χ3v) is 4.81. The van der Waals surface area contributed by atoms with Crippen molar-refractivity contribution < 1.29 is 14.3 Å². The van der Waals surface area contributed by atoms with Crippen LogP contribution in [0.25, 0.3) is 0 Å². The smallest absolute Gasteiger partial charge is 0.258 e. The maximum atomic E-state index is 13.2. The number of ether oxygens (including phenoxy) is 2. The van der Waals surface area contributed by atoms with Crippen LogP contribution in [-0.4, -0.2) is 22.6 Å². The lowest BCUT2D eigenvalue weighted by atomic mass is 10.0. The molecule has 6 nitrogen and oxygen atoms in total. The van der Waals surface area contributed by atoms with Gasteiger partial charge in [0, 0.05) is 30.2 Å². The minimum atomic E-state index is -0.300. The fourth-order valence-electron chi connectivity index (χ4n) is 3.49. The van der Waals surface area contributed by atoms with Gasteiger partial charge in [0.15, 0.2) is 11.5 Å². The molecule has 0 saturated heterocycles. The molecule has 0 radical (unpaired) electrons. The average Bonchev–Trinajstić information content (AvgIpc) is 3.18. The van der Waals surface area contributed by atoms with E-state index in [0.717, 1.165) is 22.6 Å². The number of benzene rings is 2. The van der Waals surface area contributed by atoms with Crippen LogP contribution in [0.15, 0.2) is 67.0 Å². The Balaban J connectivity index is 1.53. The van der Waals surface area contributed by atoms with Crippen molar-refractivity contribution in [3.05, 3.63) is 83.7 Å². The van der Waals surface area contributed by atoms with Gasteiger partial charge in [-0.2, -0.15) is 0 Å². The molecule has 0 bridgehead atoms. The summed E-state index contributed by atoms with van der Waals surface area (Å²) < 4.78 is 10.8. The van der Waals surface area contributed by atoms with Crippen molar-refractivity contribution in [2.75, 3.05) is 12.1 Å². The molecule has 2 aromatic carbocycles. The standard InChI is InChI=1S/C21H17N3O3/c25-21-16-5-1-2-6-17(16)23-20(15-4-3-9-22-11-15)24(21)12-14-7-8-18-19(10-14)27-13-26-18/h1-11,20,23H,12-13H2/t20-/m1/s1. The first-order chi connectivity index (χ1) is 13.3. The summed E-state index contributed by atoms with van der Waals surface area (Å²) in [7, 11) is 0. The number of anilines is 1. The van der Waals surface area contributed by atoms with E-state index in [4.69, 9.17) is 9.47 Å². The van der Waals surface area contributed by atoms with Crippen LogP contribution < -0.4 is 14.8 Å². The number of nitrogens with zero attached hydrogens (tertiary/aromatic N) is 2. The van der Waals surface area contributed by atoms with Gasteiger partial charge in [-0.25, -0.2) is 0 Å². The second kappa shape index (κ2) is 6.32. The van der Waals surface area contributed by atoms with E-state index in [0.29, 0.717) is 17.9 Å². The van der Waals surface area contributed by atoms with E-state index in [2.05, 4.69) is 10.3 Å². The first-order valence-corrected chi connectivity index (χ1v) is 8.74. The van der Waals surface area contributed by atoms with Crippen LogP contribution in [0.2, 0.25) is 0 Å². The van der Waals surface area contributed by atoms with E-state index < -0.39 is 0 Å². The Bertz CT molecular complexity index is 1010. The highest BCUT2D eigenvalue weighted by atomic mass is 16.7. The van der Waals surface area contributed by atoms with Gasteiger partial charge in [-0.05, 0) is 35.9 Å². The maximum absolute atomic E-state index is 13.2. The van der Waals surface area contributed by atoms with Crippen molar-refractivity contribution in [2.45, 2.75) is 12.7 Å². The highest BCUT2D eigenvalue weighted by Gasteiger charge is 2.33. The molecule has 0 spiro atoms. The minimum Gasteiger partial charge on any atom is -0.454 e. The quantitative estimate of drug-likeness (QED) is 0.774. The van der Waals surface area contributed by atoms with Crippen LogP contribution in [0.3, 0.4) is 0 Å². The lowest BCUT2D eigenvalue weighted by molar-refractivity contribution is 0.0666. The van der Waals surface area contributed by atoms with Gasteiger partial charge in [-0.3, -0.25) is 9.78 Å². The van der Waals surface area contributed by atoms with E-state index >= 15 is 0 Å². The lowest BCUT2D eigenvalue weighted by Gasteiger charge is -2.38. The van der Waals surface area contributed by atoms with Crippen LogP contribution in [0.1, 0.15) is 27.7 Å². The van der Waals surface area contributed by atoms with Crippen LogP contribution >= 0.6 is 0 Å². The van der Waals surface area contributed by atoms with Crippen LogP contribution in [0.5, 0.6) is 11.5 Å². The summed E-state index contributed by atoms with van der Waals surface area (Å²) in [6.45, 7) is 0.672. The number of rotatable bonds is 3. The monoisotopic (exact) mass is 359 g/mol. The summed E-state index contributed by atoms with van der Waals surface area (Å²) >= 11 is 0. The Morgan fingerprint density at radius 1 is 1.07 bits per heavy atom. The predicted octanol–water partition coefficient (Wildman–Crippen LogP) is 3.58. The van der Waals surface area contributed by atoms with Gasteiger partial charge in [0.2, 0.25) is 6.79 Å². The fourth-order valence-corrected chi connectivity index (χ4v) is 3.49. The van der Waals surface area contributed by atoms with Crippen molar-refractivity contribution in [2.24, 2.45) is 0 Å². The predicted molar refractivity (Wildman–Crippen MR) is 99.5 cm³/mol. The zero-order valence-corrected chi connectivity index (χ0v) is 14.5. The molecule has 1 atom stereocenters. The molecule has 2 aliphatic rings. The van der Waals surface area contributed by atoms with Crippen LogP contribution in [-0.2, 0) is 6.54 Å². The summed E-state index contributed by atoms with van der Waals surface area (Å²) in [5, 5.41) is 3.48. The summed E-state index contributed by atoms with van der Waals surface area (Å²) in [5.74, 6) is 1.43. The Kier molecular flexibility index (Phi) is 3.67. The van der Waals surface area contributed by atoms with Gasteiger partial charge in [0.25, 0.3) is 5.91 Å². The summed E-state index contributed by atoms with van der Waals surface area (Å²) in [6.07, 6.45) is 3.21.